The second-order valence-electron chi connectivity index (χ2n) is 6.27. The molecule has 0 bridgehead atoms. The van der Waals surface area contributed by atoms with Crippen LogP contribution in [-0.4, -0.2) is 20.3 Å². The van der Waals surface area contributed by atoms with Crippen molar-refractivity contribution in [3.05, 3.63) is 80.3 Å². The first-order valence-electron chi connectivity index (χ1n) is 8.46. The van der Waals surface area contributed by atoms with Gasteiger partial charge in [0, 0.05) is 19.2 Å². The molecule has 3 rings (SSSR count). The molecule has 144 valence electrons. The molecule has 0 aliphatic carbocycles. The van der Waals surface area contributed by atoms with Gasteiger partial charge in [-0.3, -0.25) is 19.6 Å². The minimum absolute atomic E-state index is 0.131. The van der Waals surface area contributed by atoms with Crippen molar-refractivity contribution in [2.24, 2.45) is 7.05 Å². The minimum atomic E-state index is -0.658. The van der Waals surface area contributed by atoms with Gasteiger partial charge in [0.15, 0.2) is 0 Å². The summed E-state index contributed by atoms with van der Waals surface area (Å²) in [6.45, 7) is 3.44. The maximum absolute atomic E-state index is 12.8. The third kappa shape index (κ3) is 3.50. The summed E-state index contributed by atoms with van der Waals surface area (Å²) in [4.78, 5) is 35.6. The van der Waals surface area contributed by atoms with E-state index in [4.69, 9.17) is 0 Å². The van der Waals surface area contributed by atoms with Gasteiger partial charge in [0.1, 0.15) is 5.69 Å². The van der Waals surface area contributed by atoms with Gasteiger partial charge in [-0.2, -0.15) is 0 Å². The summed E-state index contributed by atoms with van der Waals surface area (Å²) in [7, 11) is 1.72. The number of hydrogen-bond acceptors (Lipinski definition) is 4. The highest BCUT2D eigenvalue weighted by molar-refractivity contribution is 6.00. The van der Waals surface area contributed by atoms with E-state index in [1.807, 2.05) is 18.2 Å². The first-order chi connectivity index (χ1) is 13.3. The minimum Gasteiger partial charge on any atom is -0.307 e. The van der Waals surface area contributed by atoms with Gasteiger partial charge in [-0.05, 0) is 31.5 Å². The fourth-order valence-electron chi connectivity index (χ4n) is 2.84. The van der Waals surface area contributed by atoms with Gasteiger partial charge in [-0.1, -0.05) is 24.3 Å². The maximum atomic E-state index is 12.8. The van der Waals surface area contributed by atoms with Crippen molar-refractivity contribution in [2.75, 3.05) is 10.6 Å². The lowest BCUT2D eigenvalue weighted by Gasteiger charge is -2.09. The van der Waals surface area contributed by atoms with E-state index in [0.29, 0.717) is 22.6 Å². The number of urea groups is 1. The standard InChI is InChI=1S/C19H19N5O4/c1-12-9-10-15(24(27)28)11-16(12)20-19(26)21-17-13(2)22(3)23(18(17)25)14-7-5-4-6-8-14/h4-11H,1-3H3,(H2,20,21,26). The summed E-state index contributed by atoms with van der Waals surface area (Å²) in [5.41, 5.74) is 1.81. The average Bonchev–Trinajstić information content (AvgIpc) is 2.87. The Morgan fingerprint density at radius 3 is 2.39 bits per heavy atom. The smallest absolute Gasteiger partial charge is 0.307 e. The highest BCUT2D eigenvalue weighted by Gasteiger charge is 2.19. The predicted octanol–water partition coefficient (Wildman–Crippen LogP) is 3.35. The molecule has 0 radical (unpaired) electrons. The quantitative estimate of drug-likeness (QED) is 0.533. The number of carbonyl (C=O) groups excluding carboxylic acids is 1. The molecule has 0 unspecified atom stereocenters. The highest BCUT2D eigenvalue weighted by atomic mass is 16.6. The van der Waals surface area contributed by atoms with Crippen molar-refractivity contribution >= 4 is 23.1 Å². The Bertz CT molecular complexity index is 1120. The number of anilines is 2. The van der Waals surface area contributed by atoms with Crippen LogP contribution in [0.25, 0.3) is 5.69 Å². The van der Waals surface area contributed by atoms with Gasteiger partial charge in [0.2, 0.25) is 0 Å². The number of rotatable bonds is 4. The molecule has 0 saturated heterocycles. The number of benzene rings is 2. The van der Waals surface area contributed by atoms with Crippen molar-refractivity contribution in [2.45, 2.75) is 13.8 Å². The topological polar surface area (TPSA) is 111 Å². The van der Waals surface area contributed by atoms with Crippen LogP contribution in [0.1, 0.15) is 11.3 Å². The molecule has 9 nitrogen and oxygen atoms in total. The molecule has 2 amide bonds. The molecule has 0 fully saturated rings. The van der Waals surface area contributed by atoms with E-state index in [1.165, 1.54) is 16.8 Å². The molecule has 1 heterocycles. The second kappa shape index (κ2) is 7.39. The van der Waals surface area contributed by atoms with Crippen molar-refractivity contribution < 1.29 is 9.72 Å². The van der Waals surface area contributed by atoms with Gasteiger partial charge in [0.05, 0.1) is 22.0 Å². The van der Waals surface area contributed by atoms with Crippen LogP contribution in [0.4, 0.5) is 21.9 Å². The van der Waals surface area contributed by atoms with Crippen LogP contribution in [0.3, 0.4) is 0 Å². The van der Waals surface area contributed by atoms with Crippen molar-refractivity contribution in [1.82, 2.24) is 9.36 Å². The van der Waals surface area contributed by atoms with Gasteiger partial charge in [-0.15, -0.1) is 0 Å². The highest BCUT2D eigenvalue weighted by Crippen LogP contribution is 2.22. The molecule has 1 aromatic heterocycles. The van der Waals surface area contributed by atoms with E-state index in [0.717, 1.165) is 0 Å². The molecule has 28 heavy (non-hydrogen) atoms. The van der Waals surface area contributed by atoms with Crippen molar-refractivity contribution in [3.8, 4) is 5.69 Å². The Morgan fingerprint density at radius 2 is 1.75 bits per heavy atom. The van der Waals surface area contributed by atoms with Crippen LogP contribution in [0.15, 0.2) is 53.3 Å². The Hall–Kier alpha value is -3.88. The van der Waals surface area contributed by atoms with E-state index in [-0.39, 0.29) is 16.9 Å². The largest absolute Gasteiger partial charge is 0.323 e. The maximum Gasteiger partial charge on any atom is 0.323 e. The number of carbonyl (C=O) groups is 1. The number of aryl methyl sites for hydroxylation is 1. The zero-order valence-electron chi connectivity index (χ0n) is 15.6. The number of nitrogens with zero attached hydrogens (tertiary/aromatic N) is 3. The van der Waals surface area contributed by atoms with E-state index in [1.54, 1.807) is 43.8 Å². The number of nitro benzene ring substituents is 1. The Morgan fingerprint density at radius 1 is 1.07 bits per heavy atom. The third-order valence-electron chi connectivity index (χ3n) is 4.47. The van der Waals surface area contributed by atoms with Crippen molar-refractivity contribution in [1.29, 1.82) is 0 Å². The van der Waals surface area contributed by atoms with Crippen molar-refractivity contribution in [3.63, 3.8) is 0 Å². The number of para-hydroxylation sites is 1. The molecule has 9 heteroatoms. The average molecular weight is 381 g/mol. The van der Waals surface area contributed by atoms with Crippen LogP contribution in [0, 0.1) is 24.0 Å². The Labute approximate surface area is 160 Å². The van der Waals surface area contributed by atoms with E-state index < -0.39 is 11.0 Å². The number of amides is 2. The zero-order chi connectivity index (χ0) is 20.4. The molecule has 2 N–H and O–H groups in total. The summed E-state index contributed by atoms with van der Waals surface area (Å²) >= 11 is 0. The van der Waals surface area contributed by atoms with Gasteiger partial charge in [-0.25, -0.2) is 9.48 Å². The first kappa shape index (κ1) is 18.9. The molecule has 0 spiro atoms. The van der Waals surface area contributed by atoms with Crippen LogP contribution in [0.2, 0.25) is 0 Å². The fourth-order valence-corrected chi connectivity index (χ4v) is 2.84. The molecular weight excluding hydrogens is 362 g/mol. The molecular formula is C19H19N5O4. The number of non-ortho nitro benzene ring substituents is 1. The predicted molar refractivity (Wildman–Crippen MR) is 106 cm³/mol. The number of hydrogen-bond donors (Lipinski definition) is 2. The SMILES string of the molecule is Cc1ccc([N+](=O)[O-])cc1NC(=O)Nc1c(C)n(C)n(-c2ccccc2)c1=O. The van der Waals surface area contributed by atoms with Crippen LogP contribution >= 0.6 is 0 Å². The van der Waals surface area contributed by atoms with E-state index >= 15 is 0 Å². The molecule has 2 aromatic carbocycles. The molecule has 0 aliphatic rings. The third-order valence-corrected chi connectivity index (χ3v) is 4.47. The Kier molecular flexibility index (Phi) is 4.99. The van der Waals surface area contributed by atoms with Crippen LogP contribution in [0.5, 0.6) is 0 Å². The van der Waals surface area contributed by atoms with E-state index in [9.17, 15) is 19.7 Å². The zero-order valence-corrected chi connectivity index (χ0v) is 15.6. The van der Waals surface area contributed by atoms with E-state index in [2.05, 4.69) is 10.6 Å². The summed E-state index contributed by atoms with van der Waals surface area (Å²) in [5.74, 6) is 0. The Balaban J connectivity index is 1.89. The molecule has 0 atom stereocenters. The van der Waals surface area contributed by atoms with Crippen LogP contribution in [-0.2, 0) is 7.05 Å². The number of nitro groups is 1. The normalized spacial score (nSPS) is 10.5. The lowest BCUT2D eigenvalue weighted by atomic mass is 10.2. The summed E-state index contributed by atoms with van der Waals surface area (Å²) in [6, 6.07) is 12.6. The lowest BCUT2D eigenvalue weighted by Crippen LogP contribution is -2.25. The van der Waals surface area contributed by atoms with Gasteiger partial charge < -0.3 is 10.6 Å². The summed E-state index contributed by atoms with van der Waals surface area (Å²) in [5, 5.41) is 16.1. The summed E-state index contributed by atoms with van der Waals surface area (Å²) in [6.07, 6.45) is 0. The first-order valence-corrected chi connectivity index (χ1v) is 8.46. The van der Waals surface area contributed by atoms with Gasteiger partial charge in [0.25, 0.3) is 11.2 Å². The lowest BCUT2D eigenvalue weighted by molar-refractivity contribution is -0.384. The number of aromatic nitrogens is 2. The fraction of sp³-hybridized carbons (Fsp3) is 0.158. The van der Waals surface area contributed by atoms with Gasteiger partial charge >= 0.3 is 6.03 Å². The van der Waals surface area contributed by atoms with Crippen LogP contribution < -0.4 is 16.2 Å². The molecule has 3 aromatic rings. The summed E-state index contributed by atoms with van der Waals surface area (Å²) < 4.78 is 3.09. The number of nitrogens with one attached hydrogen (secondary N) is 2. The second-order valence-corrected chi connectivity index (χ2v) is 6.27. The monoisotopic (exact) mass is 381 g/mol. The molecule has 0 aliphatic heterocycles. The molecule has 0 saturated carbocycles.